The summed E-state index contributed by atoms with van der Waals surface area (Å²) in [5, 5.41) is 15.2. The van der Waals surface area contributed by atoms with Gasteiger partial charge in [-0.25, -0.2) is 0 Å². The Hall–Kier alpha value is -3.92. The van der Waals surface area contributed by atoms with Crippen LogP contribution in [-0.4, -0.2) is 58.0 Å². The maximum Gasteiger partial charge on any atom is 0.283 e. The molecule has 37 heavy (non-hydrogen) atoms. The number of aryl methyl sites for hydroxylation is 1. The Morgan fingerprint density at radius 1 is 1.14 bits per heavy atom. The van der Waals surface area contributed by atoms with Gasteiger partial charge in [-0.15, -0.1) is 0 Å². The van der Waals surface area contributed by atoms with Crippen molar-refractivity contribution < 1.29 is 19.1 Å². The summed E-state index contributed by atoms with van der Waals surface area (Å²) in [5.41, 5.74) is 2.99. The van der Waals surface area contributed by atoms with Crippen molar-refractivity contribution in [3.63, 3.8) is 0 Å². The number of ether oxygens (including phenoxy) is 2. The first-order chi connectivity index (χ1) is 17.9. The fourth-order valence-electron chi connectivity index (χ4n) is 4.22. The van der Waals surface area contributed by atoms with Crippen molar-refractivity contribution in [2.24, 2.45) is 10.1 Å². The zero-order valence-corrected chi connectivity index (χ0v) is 21.5. The second kappa shape index (κ2) is 10.6. The van der Waals surface area contributed by atoms with Gasteiger partial charge in [-0.05, 0) is 60.9 Å². The number of hydrogen-bond acceptors (Lipinski definition) is 7. The molecule has 0 spiro atoms. The molecular weight excluding hydrogens is 490 g/mol. The standard InChI is InChI=1S/C27H27N5O4S/c1-17-5-7-18(8-6-17)16-36-21-10-9-19(14-22(21)35-2)13-20-25(28)32-27(29-26(20)34)37-23(30-32)15-24(33)31-11-3-4-12-31/h5-10,13-14,28H,3-4,11-12,15-16H2,1-2H3/b20-13-,28-25?. The molecule has 5 rings (SSSR count). The first kappa shape index (κ1) is 24.8. The molecule has 3 heterocycles. The molecule has 1 fully saturated rings. The summed E-state index contributed by atoms with van der Waals surface area (Å²) in [6, 6.07) is 13.4. The number of methoxy groups -OCH3 is 1. The van der Waals surface area contributed by atoms with Gasteiger partial charge in [0.1, 0.15) is 11.7 Å². The van der Waals surface area contributed by atoms with E-state index in [-0.39, 0.29) is 23.7 Å². The second-order valence-corrected chi connectivity index (χ2v) is 10.0. The summed E-state index contributed by atoms with van der Waals surface area (Å²) >= 11 is 1.16. The van der Waals surface area contributed by atoms with Crippen molar-refractivity contribution in [2.45, 2.75) is 32.8 Å². The minimum atomic E-state index is -0.523. The summed E-state index contributed by atoms with van der Waals surface area (Å²) in [7, 11) is 1.55. The van der Waals surface area contributed by atoms with Crippen LogP contribution in [0, 0.1) is 12.3 Å². The highest BCUT2D eigenvalue weighted by Gasteiger charge is 2.36. The van der Waals surface area contributed by atoms with Crippen LogP contribution in [0.2, 0.25) is 0 Å². The van der Waals surface area contributed by atoms with Gasteiger partial charge in [0.25, 0.3) is 5.91 Å². The number of rotatable bonds is 7. The molecule has 2 aromatic rings. The van der Waals surface area contributed by atoms with Gasteiger partial charge in [-0.1, -0.05) is 35.9 Å². The Morgan fingerprint density at radius 2 is 1.89 bits per heavy atom. The third-order valence-corrected chi connectivity index (χ3v) is 7.18. The summed E-state index contributed by atoms with van der Waals surface area (Å²) in [5.74, 6) is 0.491. The molecule has 0 radical (unpaired) electrons. The zero-order valence-electron chi connectivity index (χ0n) is 20.7. The summed E-state index contributed by atoms with van der Waals surface area (Å²) in [6.45, 7) is 3.96. The molecule has 1 saturated heterocycles. The number of fused-ring (bicyclic) bond motifs is 1. The molecule has 0 bridgehead atoms. The minimum Gasteiger partial charge on any atom is -0.493 e. The lowest BCUT2D eigenvalue weighted by molar-refractivity contribution is -0.128. The number of benzene rings is 2. The van der Waals surface area contributed by atoms with Gasteiger partial charge in [-0.3, -0.25) is 15.0 Å². The first-order valence-corrected chi connectivity index (χ1v) is 12.9. The van der Waals surface area contributed by atoms with Gasteiger partial charge in [-0.2, -0.15) is 15.1 Å². The SMILES string of the molecule is COc1cc(/C=C2/C(=N)N3N=C(CC(=O)N4CCCC4)SC3=NC2=O)ccc1OCc1ccc(C)cc1. The molecule has 2 aromatic carbocycles. The molecule has 3 aliphatic rings. The Morgan fingerprint density at radius 3 is 2.62 bits per heavy atom. The third-order valence-electron chi connectivity index (χ3n) is 6.27. The van der Waals surface area contributed by atoms with Gasteiger partial charge in [0, 0.05) is 13.1 Å². The number of amides is 2. The maximum atomic E-state index is 12.8. The van der Waals surface area contributed by atoms with Crippen LogP contribution < -0.4 is 9.47 Å². The Labute approximate surface area is 219 Å². The van der Waals surface area contributed by atoms with Gasteiger partial charge in [0.05, 0.1) is 19.1 Å². The van der Waals surface area contributed by atoms with Crippen molar-refractivity contribution in [1.82, 2.24) is 9.91 Å². The highest BCUT2D eigenvalue weighted by Crippen LogP contribution is 2.32. The number of nitrogens with one attached hydrogen (secondary N) is 1. The number of aliphatic imine (C=N–C) groups is 1. The number of nitrogens with zero attached hydrogens (tertiary/aromatic N) is 4. The van der Waals surface area contributed by atoms with E-state index in [0.29, 0.717) is 33.9 Å². The van der Waals surface area contributed by atoms with Crippen molar-refractivity contribution >= 4 is 45.7 Å². The van der Waals surface area contributed by atoms with E-state index < -0.39 is 5.91 Å². The molecule has 1 N–H and O–H groups in total. The van der Waals surface area contributed by atoms with E-state index >= 15 is 0 Å². The van der Waals surface area contributed by atoms with Gasteiger partial charge < -0.3 is 14.4 Å². The molecule has 3 aliphatic heterocycles. The number of hydrogen-bond donors (Lipinski definition) is 1. The number of hydrazone groups is 1. The van der Waals surface area contributed by atoms with Gasteiger partial charge in [0.15, 0.2) is 17.3 Å². The molecule has 0 unspecified atom stereocenters. The monoisotopic (exact) mass is 517 g/mol. The fourth-order valence-corrected chi connectivity index (χ4v) is 5.09. The number of carbonyl (C=O) groups excluding carboxylic acids is 2. The highest BCUT2D eigenvalue weighted by molar-refractivity contribution is 8.27. The van der Waals surface area contributed by atoms with Crippen LogP contribution in [0.5, 0.6) is 11.5 Å². The quantitative estimate of drug-likeness (QED) is 0.551. The van der Waals surface area contributed by atoms with E-state index in [4.69, 9.17) is 14.9 Å². The lowest BCUT2D eigenvalue weighted by atomic mass is 10.1. The molecular formula is C27H27N5O4S. The van der Waals surface area contributed by atoms with Crippen LogP contribution >= 0.6 is 11.8 Å². The van der Waals surface area contributed by atoms with Crippen molar-refractivity contribution in [2.75, 3.05) is 20.2 Å². The topological polar surface area (TPSA) is 108 Å². The first-order valence-electron chi connectivity index (χ1n) is 12.0. The third kappa shape index (κ3) is 5.43. The Bertz CT molecular complexity index is 1340. The zero-order chi connectivity index (χ0) is 25.9. The molecule has 10 heteroatoms. The summed E-state index contributed by atoms with van der Waals surface area (Å²) in [6.07, 6.45) is 3.76. The van der Waals surface area contributed by atoms with Gasteiger partial charge in [0.2, 0.25) is 11.1 Å². The average molecular weight is 518 g/mol. The number of amidine groups is 2. The lowest BCUT2D eigenvalue weighted by Gasteiger charge is -2.20. The molecule has 0 aromatic heterocycles. The van der Waals surface area contributed by atoms with E-state index in [1.807, 2.05) is 36.1 Å². The van der Waals surface area contributed by atoms with Crippen LogP contribution in [0.4, 0.5) is 0 Å². The van der Waals surface area contributed by atoms with Crippen LogP contribution in [-0.2, 0) is 16.2 Å². The predicted molar refractivity (Wildman–Crippen MR) is 144 cm³/mol. The summed E-state index contributed by atoms with van der Waals surface area (Å²) in [4.78, 5) is 31.2. The second-order valence-electron chi connectivity index (χ2n) is 8.96. The molecule has 9 nitrogen and oxygen atoms in total. The Balaban J connectivity index is 1.30. The molecule has 0 saturated carbocycles. The van der Waals surface area contributed by atoms with E-state index in [0.717, 1.165) is 43.3 Å². The van der Waals surface area contributed by atoms with E-state index in [9.17, 15) is 9.59 Å². The van der Waals surface area contributed by atoms with E-state index in [1.54, 1.807) is 31.4 Å². The smallest absolute Gasteiger partial charge is 0.283 e. The molecule has 0 aliphatic carbocycles. The summed E-state index contributed by atoms with van der Waals surface area (Å²) < 4.78 is 11.4. The minimum absolute atomic E-state index is 0.00889. The van der Waals surface area contributed by atoms with Crippen LogP contribution in [0.1, 0.15) is 36.0 Å². The largest absolute Gasteiger partial charge is 0.493 e. The Kier molecular flexibility index (Phi) is 7.09. The maximum absolute atomic E-state index is 12.8. The predicted octanol–water partition coefficient (Wildman–Crippen LogP) is 4.21. The fraction of sp³-hybridized carbons (Fsp3) is 0.296. The average Bonchev–Trinajstić information content (AvgIpc) is 3.57. The van der Waals surface area contributed by atoms with Crippen LogP contribution in [0.15, 0.2) is 58.1 Å². The van der Waals surface area contributed by atoms with Crippen LogP contribution in [0.3, 0.4) is 0 Å². The van der Waals surface area contributed by atoms with Crippen molar-refractivity contribution in [3.05, 3.63) is 64.7 Å². The number of carbonyl (C=O) groups is 2. The molecule has 2 amide bonds. The van der Waals surface area contributed by atoms with Crippen LogP contribution in [0.25, 0.3) is 6.08 Å². The van der Waals surface area contributed by atoms with Crippen molar-refractivity contribution in [1.29, 1.82) is 5.41 Å². The van der Waals surface area contributed by atoms with E-state index in [2.05, 4.69) is 10.1 Å². The highest BCUT2D eigenvalue weighted by atomic mass is 32.2. The normalized spacial score (nSPS) is 18.2. The number of likely N-dealkylation sites (tertiary alicyclic amines) is 1. The molecule has 0 atom stereocenters. The van der Waals surface area contributed by atoms with Crippen molar-refractivity contribution in [3.8, 4) is 11.5 Å². The van der Waals surface area contributed by atoms with E-state index in [1.165, 1.54) is 10.6 Å². The van der Waals surface area contributed by atoms with Gasteiger partial charge >= 0.3 is 0 Å². The molecule has 190 valence electrons. The lowest BCUT2D eigenvalue weighted by Crippen LogP contribution is -2.35. The number of thioether (sulfide) groups is 1.